The van der Waals surface area contributed by atoms with Gasteiger partial charge in [-0.2, -0.15) is 13.2 Å². The van der Waals surface area contributed by atoms with Crippen molar-refractivity contribution in [1.82, 2.24) is 14.9 Å². The number of piperazine rings is 1. The Hall–Kier alpha value is -2.78. The molecule has 0 N–H and O–H groups in total. The van der Waals surface area contributed by atoms with Crippen molar-refractivity contribution in [3.8, 4) is 10.6 Å². The third-order valence-electron chi connectivity index (χ3n) is 5.38. The minimum absolute atomic E-state index is 0.309. The predicted molar refractivity (Wildman–Crippen MR) is 114 cm³/mol. The number of anilines is 1. The number of hydrogen-bond donors (Lipinski definition) is 0. The lowest BCUT2D eigenvalue weighted by molar-refractivity contribution is -0.137. The smallest absolute Gasteiger partial charge is 0.369 e. The molecule has 31 heavy (non-hydrogen) atoms. The maximum absolute atomic E-state index is 13.0. The van der Waals surface area contributed by atoms with Crippen LogP contribution in [-0.4, -0.2) is 53.4 Å². The number of aromatic nitrogens is 2. The average molecular weight is 446 g/mol. The van der Waals surface area contributed by atoms with E-state index in [0.717, 1.165) is 28.6 Å². The molecule has 0 radical (unpaired) electrons. The van der Waals surface area contributed by atoms with E-state index in [2.05, 4.69) is 14.9 Å². The highest BCUT2D eigenvalue weighted by Gasteiger charge is 2.31. The predicted octanol–water partition coefficient (Wildman–Crippen LogP) is 4.16. The van der Waals surface area contributed by atoms with Gasteiger partial charge in [-0.15, -0.1) is 11.3 Å². The molecule has 2 aromatic heterocycles. The summed E-state index contributed by atoms with van der Waals surface area (Å²) in [5, 5.41) is 2.85. The Morgan fingerprint density at radius 2 is 1.84 bits per heavy atom. The Bertz CT molecular complexity index is 1020. The summed E-state index contributed by atoms with van der Waals surface area (Å²) in [7, 11) is 0. The van der Waals surface area contributed by atoms with E-state index < -0.39 is 11.7 Å². The van der Waals surface area contributed by atoms with Gasteiger partial charge in [-0.25, -0.2) is 4.98 Å². The van der Waals surface area contributed by atoms with Gasteiger partial charge in [-0.05, 0) is 30.3 Å². The molecule has 1 unspecified atom stereocenters. The van der Waals surface area contributed by atoms with Gasteiger partial charge < -0.3 is 9.69 Å². The van der Waals surface area contributed by atoms with Gasteiger partial charge in [0.25, 0.3) is 0 Å². The second kappa shape index (κ2) is 9.15. The first-order valence-electron chi connectivity index (χ1n) is 9.90. The molecule has 0 aliphatic carbocycles. The van der Waals surface area contributed by atoms with Crippen molar-refractivity contribution in [3.05, 3.63) is 65.4 Å². The van der Waals surface area contributed by atoms with Crippen molar-refractivity contribution < 1.29 is 18.0 Å². The van der Waals surface area contributed by atoms with Gasteiger partial charge in [-0.3, -0.25) is 9.88 Å². The maximum Gasteiger partial charge on any atom is 0.416 e. The fourth-order valence-corrected chi connectivity index (χ4v) is 4.53. The number of pyridine rings is 1. The number of carbonyl (C=O) groups is 1. The van der Waals surface area contributed by atoms with Crippen LogP contribution >= 0.6 is 11.3 Å². The lowest BCUT2D eigenvalue weighted by Crippen LogP contribution is -2.51. The first-order valence-corrected chi connectivity index (χ1v) is 10.8. The summed E-state index contributed by atoms with van der Waals surface area (Å²) in [6.45, 7) is 2.32. The van der Waals surface area contributed by atoms with Crippen LogP contribution in [0.4, 0.5) is 18.9 Å². The quantitative estimate of drug-likeness (QED) is 0.533. The molecule has 4 rings (SSSR count). The molecule has 0 amide bonds. The summed E-state index contributed by atoms with van der Waals surface area (Å²) in [4.78, 5) is 24.4. The standard InChI is InChI=1S/C22H21F3N4OS/c23-22(24,25)17-2-1-3-19(12-17)28-8-10-29(11-9-28)20(14-30)13-18-15-31-21(27-18)16-4-6-26-7-5-16/h1-7,12,14-15,20H,8-11,13H2. The molecule has 1 saturated heterocycles. The lowest BCUT2D eigenvalue weighted by atomic mass is 10.1. The van der Waals surface area contributed by atoms with Gasteiger partial charge in [0, 0.05) is 61.6 Å². The van der Waals surface area contributed by atoms with Crippen molar-refractivity contribution in [2.45, 2.75) is 18.6 Å². The largest absolute Gasteiger partial charge is 0.416 e. The molecule has 9 heteroatoms. The Morgan fingerprint density at radius 1 is 1.10 bits per heavy atom. The van der Waals surface area contributed by atoms with Crippen LogP contribution < -0.4 is 4.90 Å². The fraction of sp³-hybridized carbons (Fsp3) is 0.318. The molecule has 0 spiro atoms. The molecule has 5 nitrogen and oxygen atoms in total. The first kappa shape index (κ1) is 21.5. The SMILES string of the molecule is O=CC(Cc1csc(-c2ccncc2)n1)N1CCN(c2cccc(C(F)(F)F)c2)CC1. The van der Waals surface area contributed by atoms with Gasteiger partial charge >= 0.3 is 6.18 Å². The Morgan fingerprint density at radius 3 is 2.52 bits per heavy atom. The van der Waals surface area contributed by atoms with Crippen molar-refractivity contribution >= 4 is 23.3 Å². The van der Waals surface area contributed by atoms with Gasteiger partial charge in [0.1, 0.15) is 11.3 Å². The van der Waals surface area contributed by atoms with Crippen LogP contribution in [0.3, 0.4) is 0 Å². The molecular formula is C22H21F3N4OS. The monoisotopic (exact) mass is 446 g/mol. The minimum atomic E-state index is -4.36. The van der Waals surface area contributed by atoms with Crippen LogP contribution in [0.1, 0.15) is 11.3 Å². The second-order valence-corrected chi connectivity index (χ2v) is 8.22. The number of nitrogens with zero attached hydrogens (tertiary/aromatic N) is 4. The number of benzene rings is 1. The lowest BCUT2D eigenvalue weighted by Gasteiger charge is -2.38. The molecule has 3 heterocycles. The highest BCUT2D eigenvalue weighted by atomic mass is 32.1. The Balaban J connectivity index is 1.38. The second-order valence-electron chi connectivity index (χ2n) is 7.36. The number of rotatable bonds is 6. The number of hydrogen-bond acceptors (Lipinski definition) is 6. The number of thiazole rings is 1. The summed E-state index contributed by atoms with van der Waals surface area (Å²) in [6.07, 6.45) is 0.520. The Labute approximate surface area is 182 Å². The van der Waals surface area contributed by atoms with Gasteiger partial charge in [0.2, 0.25) is 0 Å². The zero-order valence-electron chi connectivity index (χ0n) is 16.6. The van der Waals surface area contributed by atoms with Crippen LogP contribution in [0.25, 0.3) is 10.6 Å². The number of halogens is 3. The van der Waals surface area contributed by atoms with E-state index in [9.17, 15) is 18.0 Å². The highest BCUT2D eigenvalue weighted by molar-refractivity contribution is 7.13. The van der Waals surface area contributed by atoms with E-state index in [1.165, 1.54) is 23.5 Å². The molecule has 0 bridgehead atoms. The molecule has 1 fully saturated rings. The van der Waals surface area contributed by atoms with Gasteiger partial charge in [-0.1, -0.05) is 6.07 Å². The minimum Gasteiger partial charge on any atom is -0.369 e. The van der Waals surface area contributed by atoms with E-state index in [1.807, 2.05) is 22.4 Å². The molecule has 1 aliphatic rings. The molecular weight excluding hydrogens is 425 g/mol. The van der Waals surface area contributed by atoms with Gasteiger partial charge in [0.05, 0.1) is 17.3 Å². The van der Waals surface area contributed by atoms with Crippen LogP contribution in [0, 0.1) is 0 Å². The topological polar surface area (TPSA) is 49.3 Å². The summed E-state index contributed by atoms with van der Waals surface area (Å²) < 4.78 is 39.0. The normalized spacial score (nSPS) is 16.3. The van der Waals surface area contributed by atoms with E-state index >= 15 is 0 Å². The Kier molecular flexibility index (Phi) is 6.33. The van der Waals surface area contributed by atoms with Crippen LogP contribution in [0.5, 0.6) is 0 Å². The van der Waals surface area contributed by atoms with E-state index in [1.54, 1.807) is 18.5 Å². The third-order valence-corrected chi connectivity index (χ3v) is 6.32. The molecule has 3 aromatic rings. The van der Waals surface area contributed by atoms with E-state index in [4.69, 9.17) is 0 Å². The molecule has 0 saturated carbocycles. The zero-order valence-corrected chi connectivity index (χ0v) is 17.4. The van der Waals surface area contributed by atoms with Crippen LogP contribution in [0.2, 0.25) is 0 Å². The molecule has 162 valence electrons. The van der Waals surface area contributed by atoms with E-state index in [0.29, 0.717) is 38.3 Å². The maximum atomic E-state index is 13.0. The van der Waals surface area contributed by atoms with Crippen LogP contribution in [-0.2, 0) is 17.4 Å². The summed E-state index contributed by atoms with van der Waals surface area (Å²) >= 11 is 1.53. The van der Waals surface area contributed by atoms with Crippen molar-refractivity contribution in [2.24, 2.45) is 0 Å². The average Bonchev–Trinajstić information content (AvgIpc) is 3.26. The number of aldehydes is 1. The van der Waals surface area contributed by atoms with Crippen LogP contribution in [0.15, 0.2) is 54.2 Å². The van der Waals surface area contributed by atoms with Crippen molar-refractivity contribution in [3.63, 3.8) is 0 Å². The molecule has 1 aromatic carbocycles. The summed E-state index contributed by atoms with van der Waals surface area (Å²) in [5.74, 6) is 0. The van der Waals surface area contributed by atoms with E-state index in [-0.39, 0.29) is 6.04 Å². The fourth-order valence-electron chi connectivity index (χ4n) is 3.70. The summed E-state index contributed by atoms with van der Waals surface area (Å²) in [5.41, 5.74) is 1.75. The van der Waals surface area contributed by atoms with Gasteiger partial charge in [0.15, 0.2) is 0 Å². The number of carbonyl (C=O) groups excluding carboxylic acids is 1. The van der Waals surface area contributed by atoms with Crippen molar-refractivity contribution in [1.29, 1.82) is 0 Å². The third kappa shape index (κ3) is 5.11. The number of alkyl halides is 3. The summed E-state index contributed by atoms with van der Waals surface area (Å²) in [6, 6.07) is 8.87. The molecule has 1 aliphatic heterocycles. The zero-order chi connectivity index (χ0) is 21.8. The molecule has 1 atom stereocenters. The highest BCUT2D eigenvalue weighted by Crippen LogP contribution is 2.32. The van der Waals surface area contributed by atoms with Crippen molar-refractivity contribution in [2.75, 3.05) is 31.1 Å². The first-order chi connectivity index (χ1) is 14.9.